The molecular formula is C12H13N3O4. The zero-order valence-corrected chi connectivity index (χ0v) is 10.5. The van der Waals surface area contributed by atoms with Crippen molar-refractivity contribution < 1.29 is 14.6 Å². The lowest BCUT2D eigenvalue weighted by atomic mass is 10.2. The van der Waals surface area contributed by atoms with E-state index in [1.807, 2.05) is 0 Å². The number of benzene rings is 1. The van der Waals surface area contributed by atoms with Gasteiger partial charge in [-0.2, -0.15) is 5.10 Å². The van der Waals surface area contributed by atoms with Gasteiger partial charge in [0.2, 0.25) is 0 Å². The first-order chi connectivity index (χ1) is 9.06. The van der Waals surface area contributed by atoms with Crippen LogP contribution in [0, 0.1) is 0 Å². The topological polar surface area (TPSA) is 97.2 Å². The van der Waals surface area contributed by atoms with Crippen molar-refractivity contribution in [1.82, 2.24) is 14.8 Å². The van der Waals surface area contributed by atoms with Gasteiger partial charge in [-0.05, 0) is 19.1 Å². The van der Waals surface area contributed by atoms with Crippen LogP contribution in [0.25, 0.3) is 11.4 Å². The Labute approximate surface area is 108 Å². The minimum absolute atomic E-state index is 0.234. The molecule has 2 N–H and O–H groups in total. The molecule has 0 fully saturated rings. The highest BCUT2D eigenvalue weighted by molar-refractivity contribution is 5.73. The molecule has 1 aromatic carbocycles. The third-order valence-electron chi connectivity index (χ3n) is 2.80. The zero-order valence-electron chi connectivity index (χ0n) is 10.5. The van der Waals surface area contributed by atoms with Crippen molar-refractivity contribution >= 4 is 5.97 Å². The van der Waals surface area contributed by atoms with Gasteiger partial charge in [0.05, 0.1) is 12.7 Å². The van der Waals surface area contributed by atoms with E-state index in [2.05, 4.69) is 10.2 Å². The third kappa shape index (κ3) is 2.22. The number of aromatic nitrogens is 3. The Morgan fingerprint density at radius 2 is 2.16 bits per heavy atom. The first-order valence-electron chi connectivity index (χ1n) is 5.59. The number of aliphatic carboxylic acids is 1. The van der Waals surface area contributed by atoms with Crippen molar-refractivity contribution in [3.63, 3.8) is 0 Å². The summed E-state index contributed by atoms with van der Waals surface area (Å²) in [5, 5.41) is 15.2. The summed E-state index contributed by atoms with van der Waals surface area (Å²) in [6.45, 7) is 1.41. The SMILES string of the molecule is COc1ccccc1-c1n[nH]c(=O)n1[C@@H](C)C(=O)O. The van der Waals surface area contributed by atoms with Crippen LogP contribution in [0.2, 0.25) is 0 Å². The largest absolute Gasteiger partial charge is 0.496 e. The summed E-state index contributed by atoms with van der Waals surface area (Å²) in [5.74, 6) is -0.364. The molecule has 0 saturated heterocycles. The lowest BCUT2D eigenvalue weighted by molar-refractivity contribution is -0.140. The number of ether oxygens (including phenoxy) is 1. The second kappa shape index (κ2) is 4.97. The van der Waals surface area contributed by atoms with Crippen LogP contribution in [-0.2, 0) is 4.79 Å². The highest BCUT2D eigenvalue weighted by Gasteiger charge is 2.22. The number of hydrogen-bond acceptors (Lipinski definition) is 4. The number of para-hydroxylation sites is 1. The molecule has 7 nitrogen and oxygen atoms in total. The second-order valence-electron chi connectivity index (χ2n) is 3.94. The molecule has 1 aromatic heterocycles. The normalized spacial score (nSPS) is 12.1. The summed E-state index contributed by atoms with van der Waals surface area (Å²) in [6.07, 6.45) is 0. The summed E-state index contributed by atoms with van der Waals surface area (Å²) >= 11 is 0. The molecule has 0 aliphatic carbocycles. The van der Waals surface area contributed by atoms with Crippen molar-refractivity contribution in [3.05, 3.63) is 34.7 Å². The fourth-order valence-corrected chi connectivity index (χ4v) is 1.79. The number of carbonyl (C=O) groups is 1. The molecule has 0 bridgehead atoms. The fraction of sp³-hybridized carbons (Fsp3) is 0.250. The highest BCUT2D eigenvalue weighted by atomic mass is 16.5. The van der Waals surface area contributed by atoms with E-state index in [1.54, 1.807) is 24.3 Å². The van der Waals surface area contributed by atoms with E-state index in [1.165, 1.54) is 14.0 Å². The molecule has 1 atom stereocenters. The molecule has 19 heavy (non-hydrogen) atoms. The van der Waals surface area contributed by atoms with Crippen LogP contribution < -0.4 is 10.4 Å². The van der Waals surface area contributed by atoms with Gasteiger partial charge in [0.1, 0.15) is 11.8 Å². The molecule has 0 spiro atoms. The Hall–Kier alpha value is -2.57. The van der Waals surface area contributed by atoms with Crippen molar-refractivity contribution in [1.29, 1.82) is 0 Å². The molecule has 0 radical (unpaired) electrons. The minimum atomic E-state index is -1.11. The average Bonchev–Trinajstić information content (AvgIpc) is 2.79. The molecule has 0 saturated carbocycles. The highest BCUT2D eigenvalue weighted by Crippen LogP contribution is 2.28. The van der Waals surface area contributed by atoms with Crippen LogP contribution in [-0.4, -0.2) is 33.0 Å². The average molecular weight is 263 g/mol. The number of rotatable bonds is 4. The van der Waals surface area contributed by atoms with E-state index in [4.69, 9.17) is 9.84 Å². The maximum absolute atomic E-state index is 11.7. The Morgan fingerprint density at radius 1 is 1.47 bits per heavy atom. The van der Waals surface area contributed by atoms with Crippen LogP contribution in [0.5, 0.6) is 5.75 Å². The Kier molecular flexibility index (Phi) is 3.37. The van der Waals surface area contributed by atoms with E-state index in [9.17, 15) is 9.59 Å². The van der Waals surface area contributed by atoms with E-state index in [0.29, 0.717) is 11.3 Å². The standard InChI is InChI=1S/C12H13N3O4/c1-7(11(16)17)15-10(13-14-12(15)18)8-5-3-4-6-9(8)19-2/h3-7H,1-2H3,(H,14,18)(H,16,17)/t7-/m0/s1. The van der Waals surface area contributed by atoms with E-state index in [-0.39, 0.29) is 5.82 Å². The molecule has 0 aliphatic heterocycles. The Bertz CT molecular complexity index is 659. The van der Waals surface area contributed by atoms with Crippen molar-refractivity contribution in [2.24, 2.45) is 0 Å². The van der Waals surface area contributed by atoms with Gasteiger partial charge in [0.25, 0.3) is 0 Å². The van der Waals surface area contributed by atoms with E-state index in [0.717, 1.165) is 4.57 Å². The smallest absolute Gasteiger partial charge is 0.344 e. The number of carboxylic acids is 1. The number of H-pyrrole nitrogens is 1. The summed E-state index contributed by atoms with van der Waals surface area (Å²) in [6, 6.07) is 5.93. The van der Waals surface area contributed by atoms with Gasteiger partial charge in [0.15, 0.2) is 5.82 Å². The van der Waals surface area contributed by atoms with Gasteiger partial charge in [-0.25, -0.2) is 14.7 Å². The lowest BCUT2D eigenvalue weighted by Crippen LogP contribution is -2.26. The minimum Gasteiger partial charge on any atom is -0.496 e. The maximum Gasteiger partial charge on any atom is 0.344 e. The number of carboxylic acid groups (broad SMARTS) is 1. The number of hydrogen-bond donors (Lipinski definition) is 2. The second-order valence-corrected chi connectivity index (χ2v) is 3.94. The predicted molar refractivity (Wildman–Crippen MR) is 67.2 cm³/mol. The van der Waals surface area contributed by atoms with Gasteiger partial charge < -0.3 is 9.84 Å². The molecule has 2 rings (SSSR count). The first-order valence-corrected chi connectivity index (χ1v) is 5.59. The van der Waals surface area contributed by atoms with Gasteiger partial charge in [-0.15, -0.1) is 0 Å². The monoisotopic (exact) mass is 263 g/mol. The summed E-state index contributed by atoms with van der Waals surface area (Å²) in [7, 11) is 1.49. The predicted octanol–water partition coefficient (Wildman–Crippen LogP) is 0.893. The summed E-state index contributed by atoms with van der Waals surface area (Å²) in [4.78, 5) is 22.8. The molecule has 0 aliphatic rings. The van der Waals surface area contributed by atoms with Crippen LogP contribution in [0.15, 0.2) is 29.1 Å². The lowest BCUT2D eigenvalue weighted by Gasteiger charge is -2.12. The first kappa shape index (κ1) is 12.9. The Balaban J connectivity index is 2.64. The molecule has 1 heterocycles. The van der Waals surface area contributed by atoms with E-state index >= 15 is 0 Å². The number of nitrogens with zero attached hydrogens (tertiary/aromatic N) is 2. The summed E-state index contributed by atoms with van der Waals surface area (Å²) < 4.78 is 6.27. The van der Waals surface area contributed by atoms with Gasteiger partial charge in [-0.1, -0.05) is 12.1 Å². The van der Waals surface area contributed by atoms with Crippen molar-refractivity contribution in [3.8, 4) is 17.1 Å². The van der Waals surface area contributed by atoms with Gasteiger partial charge in [0, 0.05) is 0 Å². The third-order valence-corrected chi connectivity index (χ3v) is 2.80. The zero-order chi connectivity index (χ0) is 14.0. The number of methoxy groups -OCH3 is 1. The molecule has 100 valence electrons. The quantitative estimate of drug-likeness (QED) is 0.853. The fourth-order valence-electron chi connectivity index (χ4n) is 1.79. The van der Waals surface area contributed by atoms with Crippen LogP contribution >= 0.6 is 0 Å². The Morgan fingerprint density at radius 3 is 2.79 bits per heavy atom. The molecule has 0 unspecified atom stereocenters. The molecule has 0 amide bonds. The molecular weight excluding hydrogens is 250 g/mol. The summed E-state index contributed by atoms with van der Waals surface area (Å²) in [5.41, 5.74) is -0.0211. The van der Waals surface area contributed by atoms with Crippen molar-refractivity contribution in [2.45, 2.75) is 13.0 Å². The maximum atomic E-state index is 11.7. The van der Waals surface area contributed by atoms with Crippen LogP contribution in [0.4, 0.5) is 0 Å². The van der Waals surface area contributed by atoms with Gasteiger partial charge in [-0.3, -0.25) is 4.57 Å². The van der Waals surface area contributed by atoms with Crippen molar-refractivity contribution in [2.75, 3.05) is 7.11 Å². The molecule has 2 aromatic rings. The van der Waals surface area contributed by atoms with Crippen LogP contribution in [0.1, 0.15) is 13.0 Å². The van der Waals surface area contributed by atoms with Crippen LogP contribution in [0.3, 0.4) is 0 Å². The number of aromatic amines is 1. The molecule has 7 heteroatoms. The number of nitrogens with one attached hydrogen (secondary N) is 1. The van der Waals surface area contributed by atoms with Gasteiger partial charge >= 0.3 is 11.7 Å². The van der Waals surface area contributed by atoms with E-state index < -0.39 is 17.7 Å².